The smallest absolute Gasteiger partial charge is 0.416 e. The van der Waals surface area contributed by atoms with Crippen molar-refractivity contribution in [1.29, 1.82) is 0 Å². The van der Waals surface area contributed by atoms with E-state index in [2.05, 4.69) is 9.97 Å². The summed E-state index contributed by atoms with van der Waals surface area (Å²) >= 11 is 0. The minimum absolute atomic E-state index is 0.0131. The number of nitrogens with zero attached hydrogens (tertiary/aromatic N) is 4. The number of benzene rings is 3. The molecule has 0 aliphatic carbocycles. The second-order valence-corrected chi connectivity index (χ2v) is 12.5. The first-order valence-electron chi connectivity index (χ1n) is 16.4. The minimum atomic E-state index is -5.08. The molecule has 4 aromatic rings. The fourth-order valence-corrected chi connectivity index (χ4v) is 5.65. The molecule has 2 heterocycles. The number of aromatic amines is 1. The third kappa shape index (κ3) is 11.7. The number of nitrogens with one attached hydrogen (secondary N) is 1. The Morgan fingerprint density at radius 2 is 1.62 bits per heavy atom. The third-order valence-corrected chi connectivity index (χ3v) is 8.28. The van der Waals surface area contributed by atoms with Gasteiger partial charge < -0.3 is 24.3 Å². The predicted octanol–water partition coefficient (Wildman–Crippen LogP) is 7.10. The first kappa shape index (κ1) is 40.2. The number of imidazole rings is 1. The highest BCUT2D eigenvalue weighted by Gasteiger charge is 2.40. The number of rotatable bonds is 11. The van der Waals surface area contributed by atoms with Crippen LogP contribution in [0.3, 0.4) is 0 Å². The second-order valence-electron chi connectivity index (χ2n) is 12.5. The maximum absolute atomic E-state index is 13.7. The van der Waals surface area contributed by atoms with Crippen LogP contribution in [0.25, 0.3) is 0 Å². The molecule has 0 bridgehead atoms. The molecule has 1 aliphatic heterocycles. The van der Waals surface area contributed by atoms with Crippen molar-refractivity contribution in [1.82, 2.24) is 24.7 Å². The maximum atomic E-state index is 13.7. The molecule has 1 saturated heterocycles. The summed E-state index contributed by atoms with van der Waals surface area (Å²) in [6.07, 6.45) is -7.96. The molecule has 0 spiro atoms. The van der Waals surface area contributed by atoms with E-state index in [0.29, 0.717) is 30.7 Å². The Morgan fingerprint density at radius 1 is 0.981 bits per heavy atom. The number of hydrogen-bond acceptors (Lipinski definition) is 6. The zero-order valence-corrected chi connectivity index (χ0v) is 29.2. The molecule has 5 rings (SSSR count). The summed E-state index contributed by atoms with van der Waals surface area (Å²) in [5, 5.41) is 0. The first-order valence-corrected chi connectivity index (χ1v) is 16.4. The van der Waals surface area contributed by atoms with Gasteiger partial charge in [0.1, 0.15) is 25.1 Å². The molecular weight excluding hydrogens is 708 g/mol. The fourth-order valence-electron chi connectivity index (χ4n) is 5.65. The van der Waals surface area contributed by atoms with Gasteiger partial charge in [0.25, 0.3) is 0 Å². The Hall–Kier alpha value is -5.54. The maximum Gasteiger partial charge on any atom is 0.416 e. The lowest BCUT2D eigenvalue weighted by molar-refractivity contribution is -0.149. The fraction of sp³-hybridized carbons (Fsp3) is 0.351. The van der Waals surface area contributed by atoms with Crippen LogP contribution in [0.5, 0.6) is 5.75 Å². The average Bonchev–Trinajstić information content (AvgIpc) is 3.61. The summed E-state index contributed by atoms with van der Waals surface area (Å²) in [5.74, 6) is -0.00243. The molecule has 0 saturated carbocycles. The Balaban J connectivity index is 0.000000948. The molecular formula is C37H39F6N5O5. The van der Waals surface area contributed by atoms with Crippen LogP contribution in [0.2, 0.25) is 0 Å². The minimum Gasteiger partial charge on any atom is -0.497 e. The monoisotopic (exact) mass is 747 g/mol. The molecule has 1 aliphatic rings. The number of H-pyrrole nitrogens is 1. The van der Waals surface area contributed by atoms with Crippen LogP contribution in [-0.4, -0.2) is 76.0 Å². The zero-order valence-electron chi connectivity index (χ0n) is 29.2. The average molecular weight is 748 g/mol. The van der Waals surface area contributed by atoms with Gasteiger partial charge in [-0.3, -0.25) is 14.5 Å². The number of aromatic nitrogens is 2. The van der Waals surface area contributed by atoms with E-state index in [1.165, 1.54) is 16.9 Å². The van der Waals surface area contributed by atoms with Gasteiger partial charge in [-0.1, -0.05) is 49.4 Å². The van der Waals surface area contributed by atoms with Crippen molar-refractivity contribution in [3.8, 4) is 5.75 Å². The molecule has 10 nitrogen and oxygen atoms in total. The Morgan fingerprint density at radius 3 is 2.13 bits per heavy atom. The van der Waals surface area contributed by atoms with Crippen molar-refractivity contribution in [3.63, 3.8) is 0 Å². The normalized spacial score (nSPS) is 15.3. The van der Waals surface area contributed by atoms with E-state index in [1.807, 2.05) is 44.2 Å². The standard InChI is InChI=1S/C33H33F6N3O5.C4H6N2/c1-22(12-23-8-10-28(46-2)11-9-23)16-42(29-18-40(30(44)19-41(29)21-43)17-24-6-4-3-5-7-24)31(45)47-20-25-13-26(32(34,35)36)15-27(14-25)33(37,38)39;1-4-2-5-3-6-4/h3-11,13-15,21-22,29H,12,16-20H2,1-2H3;2-3H,1H3,(H,5,6). The number of alkyl halides is 6. The summed E-state index contributed by atoms with van der Waals surface area (Å²) in [7, 11) is 1.53. The first-order chi connectivity index (χ1) is 25.1. The number of halogens is 6. The van der Waals surface area contributed by atoms with Crippen molar-refractivity contribution in [2.24, 2.45) is 5.92 Å². The molecule has 2 unspecified atom stereocenters. The summed E-state index contributed by atoms with van der Waals surface area (Å²) in [5.41, 5.74) is -0.813. The molecule has 53 heavy (non-hydrogen) atoms. The number of amides is 3. The number of ether oxygens (including phenoxy) is 2. The molecule has 1 fully saturated rings. The molecule has 3 aromatic carbocycles. The predicted molar refractivity (Wildman–Crippen MR) is 181 cm³/mol. The van der Waals surface area contributed by atoms with Crippen LogP contribution in [-0.2, 0) is 46.3 Å². The van der Waals surface area contributed by atoms with E-state index in [4.69, 9.17) is 9.47 Å². The summed E-state index contributed by atoms with van der Waals surface area (Å²) < 4.78 is 91.0. The summed E-state index contributed by atoms with van der Waals surface area (Å²) in [6, 6.07) is 17.2. The van der Waals surface area contributed by atoms with Crippen LogP contribution >= 0.6 is 0 Å². The van der Waals surface area contributed by atoms with Gasteiger partial charge in [-0.05, 0) is 66.3 Å². The lowest BCUT2D eigenvalue weighted by Crippen LogP contribution is -2.63. The number of piperazine rings is 1. The van der Waals surface area contributed by atoms with E-state index in [0.717, 1.165) is 21.7 Å². The van der Waals surface area contributed by atoms with Gasteiger partial charge in [-0.2, -0.15) is 26.3 Å². The van der Waals surface area contributed by atoms with Crippen molar-refractivity contribution in [2.45, 2.75) is 51.9 Å². The number of methoxy groups -OCH3 is 1. The Labute approximate surface area is 302 Å². The molecule has 284 valence electrons. The van der Waals surface area contributed by atoms with Gasteiger partial charge in [-0.25, -0.2) is 9.78 Å². The largest absolute Gasteiger partial charge is 0.497 e. The van der Waals surface area contributed by atoms with E-state index in [-0.39, 0.29) is 44.1 Å². The van der Waals surface area contributed by atoms with Crippen LogP contribution in [0.1, 0.15) is 40.4 Å². The van der Waals surface area contributed by atoms with Crippen LogP contribution in [0.15, 0.2) is 85.3 Å². The van der Waals surface area contributed by atoms with Crippen molar-refractivity contribution in [3.05, 3.63) is 119 Å². The van der Waals surface area contributed by atoms with Gasteiger partial charge in [0.2, 0.25) is 12.3 Å². The molecule has 2 atom stereocenters. The van der Waals surface area contributed by atoms with Crippen LogP contribution < -0.4 is 4.74 Å². The Bertz CT molecular complexity index is 1750. The third-order valence-electron chi connectivity index (χ3n) is 8.28. The van der Waals surface area contributed by atoms with Gasteiger partial charge in [0, 0.05) is 25.0 Å². The van der Waals surface area contributed by atoms with Gasteiger partial charge >= 0.3 is 18.4 Å². The van der Waals surface area contributed by atoms with Crippen molar-refractivity contribution >= 4 is 18.4 Å². The van der Waals surface area contributed by atoms with Gasteiger partial charge in [0.15, 0.2) is 0 Å². The zero-order chi connectivity index (χ0) is 38.8. The van der Waals surface area contributed by atoms with E-state index >= 15 is 0 Å². The number of carbonyl (C=O) groups excluding carboxylic acids is 3. The SMILES string of the molecule is COc1ccc(CC(C)CN(C(=O)OCc2cc(C(F)(F)F)cc(C(F)(F)F)c2)C2CN(Cc3ccccc3)C(=O)CN2C=O)cc1.Cc1cnc[nH]1. The molecule has 16 heteroatoms. The second kappa shape index (κ2) is 17.8. The summed E-state index contributed by atoms with van der Waals surface area (Å²) in [6.45, 7) is 2.57. The highest BCUT2D eigenvalue weighted by Crippen LogP contribution is 2.36. The van der Waals surface area contributed by atoms with Crippen LogP contribution in [0.4, 0.5) is 31.1 Å². The Kier molecular flexibility index (Phi) is 13.5. The lowest BCUT2D eigenvalue weighted by Gasteiger charge is -2.44. The van der Waals surface area contributed by atoms with E-state index in [9.17, 15) is 40.7 Å². The van der Waals surface area contributed by atoms with Crippen molar-refractivity contribution < 1.29 is 50.2 Å². The van der Waals surface area contributed by atoms with Gasteiger partial charge in [0.05, 0.1) is 31.1 Å². The molecule has 3 amide bonds. The topological polar surface area (TPSA) is 108 Å². The van der Waals surface area contributed by atoms with Crippen molar-refractivity contribution in [2.75, 3.05) is 26.7 Å². The highest BCUT2D eigenvalue weighted by molar-refractivity contribution is 5.82. The number of hydrogen-bond donors (Lipinski definition) is 1. The molecule has 0 radical (unpaired) electrons. The number of carbonyl (C=O) groups is 3. The van der Waals surface area contributed by atoms with E-state index in [1.54, 1.807) is 36.8 Å². The number of aryl methyl sites for hydroxylation is 1. The molecule has 1 N–H and O–H groups in total. The van der Waals surface area contributed by atoms with Gasteiger partial charge in [-0.15, -0.1) is 0 Å². The molecule has 1 aromatic heterocycles. The highest BCUT2D eigenvalue weighted by atomic mass is 19.4. The van der Waals surface area contributed by atoms with Crippen LogP contribution in [0, 0.1) is 12.8 Å². The summed E-state index contributed by atoms with van der Waals surface area (Å²) in [4.78, 5) is 49.2. The lowest BCUT2D eigenvalue weighted by atomic mass is 10.00. The van der Waals surface area contributed by atoms with E-state index < -0.39 is 47.9 Å². The quantitative estimate of drug-likeness (QED) is 0.130.